The van der Waals surface area contributed by atoms with Crippen LogP contribution in [0.25, 0.3) is 0 Å². The van der Waals surface area contributed by atoms with Crippen molar-refractivity contribution in [1.82, 2.24) is 14.8 Å². The maximum atomic E-state index is 12.7. The number of sulfonamides is 1. The first-order valence-corrected chi connectivity index (χ1v) is 11.6. The van der Waals surface area contributed by atoms with E-state index in [4.69, 9.17) is 4.52 Å². The predicted octanol–water partition coefficient (Wildman–Crippen LogP) is 3.46. The minimum absolute atomic E-state index is 0.197. The third-order valence-electron chi connectivity index (χ3n) is 4.33. The van der Waals surface area contributed by atoms with E-state index in [9.17, 15) is 13.2 Å². The van der Waals surface area contributed by atoms with Gasteiger partial charge in [-0.15, -0.1) is 11.8 Å². The Morgan fingerprint density at radius 2 is 1.83 bits per heavy atom. The van der Waals surface area contributed by atoms with Crippen LogP contribution in [-0.2, 0) is 22.3 Å². The Hall–Kier alpha value is -2.62. The highest BCUT2D eigenvalue weighted by Crippen LogP contribution is 2.26. The lowest BCUT2D eigenvalue weighted by Gasteiger charge is -2.12. The third-order valence-corrected chi connectivity index (χ3v) is 7.26. The smallest absolute Gasteiger partial charge is 0.252 e. The Balaban J connectivity index is 1.64. The highest BCUT2D eigenvalue weighted by molar-refractivity contribution is 7.98. The summed E-state index contributed by atoms with van der Waals surface area (Å²) in [4.78, 5) is 13.8. The van der Waals surface area contributed by atoms with Crippen molar-refractivity contribution >= 4 is 27.7 Å². The summed E-state index contributed by atoms with van der Waals surface area (Å²) in [5.74, 6) is 1.13. The molecule has 3 aromatic rings. The summed E-state index contributed by atoms with van der Waals surface area (Å²) in [6.07, 6.45) is 0. The molecule has 0 aliphatic rings. The number of carbonyl (C=O) groups excluding carboxylic acids is 1. The first kappa shape index (κ1) is 22.1. The van der Waals surface area contributed by atoms with Crippen LogP contribution in [0.4, 0.5) is 0 Å². The lowest BCUT2D eigenvalue weighted by Crippen LogP contribution is -2.24. The number of nitrogens with one attached hydrogen (secondary N) is 1. The van der Waals surface area contributed by atoms with Gasteiger partial charge in [-0.25, -0.2) is 12.7 Å². The molecule has 0 aliphatic heterocycles. The standard InChI is InChI=1S/C21H23N3O4S2/c1-15-12-17(28-23-15)14-29-20-7-5-4-6-19(20)21(25)22-13-16-8-10-18(11-9-16)30(26,27)24(2)3/h4-12H,13-14H2,1-3H3,(H,22,25). The monoisotopic (exact) mass is 445 g/mol. The van der Waals surface area contributed by atoms with Crippen molar-refractivity contribution in [3.05, 3.63) is 77.2 Å². The Morgan fingerprint density at radius 3 is 2.47 bits per heavy atom. The van der Waals surface area contributed by atoms with Gasteiger partial charge in [0.05, 0.1) is 21.9 Å². The summed E-state index contributed by atoms with van der Waals surface area (Å²) in [6.45, 7) is 2.16. The number of hydrogen-bond acceptors (Lipinski definition) is 6. The molecule has 1 N–H and O–H groups in total. The number of nitrogens with zero attached hydrogens (tertiary/aromatic N) is 2. The quantitative estimate of drug-likeness (QED) is 0.534. The largest absolute Gasteiger partial charge is 0.360 e. The van der Waals surface area contributed by atoms with Crippen molar-refractivity contribution in [3.63, 3.8) is 0 Å². The van der Waals surface area contributed by atoms with Gasteiger partial charge in [0.15, 0.2) is 0 Å². The van der Waals surface area contributed by atoms with Gasteiger partial charge in [0.25, 0.3) is 5.91 Å². The van der Waals surface area contributed by atoms with E-state index >= 15 is 0 Å². The first-order valence-electron chi connectivity index (χ1n) is 9.21. The number of carbonyl (C=O) groups is 1. The second-order valence-electron chi connectivity index (χ2n) is 6.83. The van der Waals surface area contributed by atoms with Gasteiger partial charge in [0.1, 0.15) is 5.76 Å². The van der Waals surface area contributed by atoms with E-state index in [2.05, 4.69) is 10.5 Å². The Kier molecular flexibility index (Phi) is 6.96. The van der Waals surface area contributed by atoms with Crippen LogP contribution >= 0.6 is 11.8 Å². The van der Waals surface area contributed by atoms with Gasteiger partial charge in [0, 0.05) is 31.6 Å². The zero-order valence-electron chi connectivity index (χ0n) is 17.0. The molecule has 1 heterocycles. The highest BCUT2D eigenvalue weighted by Gasteiger charge is 2.17. The number of hydrogen-bond donors (Lipinski definition) is 1. The van der Waals surface area contributed by atoms with Crippen molar-refractivity contribution in [2.45, 2.75) is 29.0 Å². The lowest BCUT2D eigenvalue weighted by atomic mass is 10.2. The minimum atomic E-state index is -3.47. The Bertz CT molecular complexity index is 1120. The second-order valence-corrected chi connectivity index (χ2v) is 10.0. The van der Waals surface area contributed by atoms with Crippen LogP contribution in [-0.4, -0.2) is 37.9 Å². The van der Waals surface area contributed by atoms with E-state index in [1.165, 1.54) is 30.2 Å². The number of benzene rings is 2. The number of aromatic nitrogens is 1. The van der Waals surface area contributed by atoms with Crippen molar-refractivity contribution in [3.8, 4) is 0 Å². The summed E-state index contributed by atoms with van der Waals surface area (Å²) >= 11 is 1.50. The number of aryl methyl sites for hydroxylation is 1. The van der Waals surface area contributed by atoms with E-state index in [0.717, 1.165) is 21.9 Å². The van der Waals surface area contributed by atoms with E-state index < -0.39 is 10.0 Å². The minimum Gasteiger partial charge on any atom is -0.360 e. The van der Waals surface area contributed by atoms with Crippen LogP contribution in [0, 0.1) is 6.92 Å². The molecule has 0 fully saturated rings. The van der Waals surface area contributed by atoms with E-state index in [1.807, 2.05) is 31.2 Å². The zero-order chi connectivity index (χ0) is 21.7. The maximum absolute atomic E-state index is 12.7. The summed E-state index contributed by atoms with van der Waals surface area (Å²) in [5, 5.41) is 6.76. The van der Waals surface area contributed by atoms with Gasteiger partial charge in [-0.1, -0.05) is 29.4 Å². The fourth-order valence-electron chi connectivity index (χ4n) is 2.68. The molecule has 30 heavy (non-hydrogen) atoms. The predicted molar refractivity (Wildman–Crippen MR) is 116 cm³/mol. The van der Waals surface area contributed by atoms with Crippen molar-refractivity contribution in [2.24, 2.45) is 0 Å². The normalized spacial score (nSPS) is 11.6. The van der Waals surface area contributed by atoms with Gasteiger partial charge < -0.3 is 9.84 Å². The number of thioether (sulfide) groups is 1. The summed E-state index contributed by atoms with van der Waals surface area (Å²) < 4.78 is 30.7. The molecule has 0 spiro atoms. The molecule has 0 aliphatic carbocycles. The Morgan fingerprint density at radius 1 is 1.13 bits per heavy atom. The van der Waals surface area contributed by atoms with Crippen LogP contribution in [0.1, 0.15) is 27.4 Å². The molecule has 9 heteroatoms. The van der Waals surface area contributed by atoms with E-state index in [1.54, 1.807) is 30.3 Å². The zero-order valence-corrected chi connectivity index (χ0v) is 18.6. The van der Waals surface area contributed by atoms with Crippen LogP contribution in [0.2, 0.25) is 0 Å². The lowest BCUT2D eigenvalue weighted by molar-refractivity contribution is 0.0948. The molecule has 0 unspecified atom stereocenters. The summed E-state index contributed by atoms with van der Waals surface area (Å²) in [6, 6.07) is 15.7. The van der Waals surface area contributed by atoms with Gasteiger partial charge in [0.2, 0.25) is 10.0 Å². The molecular formula is C21H23N3O4S2. The average molecular weight is 446 g/mol. The third kappa shape index (κ3) is 5.29. The average Bonchev–Trinajstić information content (AvgIpc) is 3.16. The van der Waals surface area contributed by atoms with Crippen LogP contribution in [0.15, 0.2) is 68.9 Å². The van der Waals surface area contributed by atoms with Gasteiger partial charge >= 0.3 is 0 Å². The summed E-state index contributed by atoms with van der Waals surface area (Å²) in [5.41, 5.74) is 2.20. The topological polar surface area (TPSA) is 92.5 Å². The Labute approximate surface area is 180 Å². The van der Waals surface area contributed by atoms with Crippen molar-refractivity contribution < 1.29 is 17.7 Å². The fourth-order valence-corrected chi connectivity index (χ4v) is 4.51. The molecule has 7 nitrogen and oxygen atoms in total. The molecule has 0 atom stereocenters. The van der Waals surface area contributed by atoms with Gasteiger partial charge in [-0.3, -0.25) is 4.79 Å². The van der Waals surface area contributed by atoms with Crippen LogP contribution < -0.4 is 5.32 Å². The molecule has 1 amide bonds. The second kappa shape index (κ2) is 9.46. The van der Waals surface area contributed by atoms with Crippen molar-refractivity contribution in [1.29, 1.82) is 0 Å². The fraction of sp³-hybridized carbons (Fsp3) is 0.238. The first-order chi connectivity index (χ1) is 14.3. The van der Waals surface area contributed by atoms with Gasteiger partial charge in [-0.05, 0) is 36.8 Å². The number of rotatable bonds is 8. The van der Waals surface area contributed by atoms with Crippen LogP contribution in [0.5, 0.6) is 0 Å². The molecule has 0 saturated heterocycles. The van der Waals surface area contributed by atoms with Gasteiger partial charge in [-0.2, -0.15) is 0 Å². The summed E-state index contributed by atoms with van der Waals surface area (Å²) in [7, 11) is -0.493. The number of amides is 1. The van der Waals surface area contributed by atoms with Crippen molar-refractivity contribution in [2.75, 3.05) is 14.1 Å². The molecule has 158 valence electrons. The SMILES string of the molecule is Cc1cc(CSc2ccccc2C(=O)NCc2ccc(S(=O)(=O)N(C)C)cc2)on1. The molecular weight excluding hydrogens is 422 g/mol. The van der Waals surface area contributed by atoms with E-state index in [-0.39, 0.29) is 10.8 Å². The highest BCUT2D eigenvalue weighted by atomic mass is 32.2. The molecule has 2 aromatic carbocycles. The molecule has 0 saturated carbocycles. The van der Waals surface area contributed by atoms with Crippen LogP contribution in [0.3, 0.4) is 0 Å². The molecule has 0 radical (unpaired) electrons. The molecule has 0 bridgehead atoms. The van der Waals surface area contributed by atoms with E-state index in [0.29, 0.717) is 17.9 Å². The molecule has 1 aromatic heterocycles. The maximum Gasteiger partial charge on any atom is 0.252 e. The molecule has 3 rings (SSSR count).